The first-order valence-corrected chi connectivity index (χ1v) is 6.44. The van der Waals surface area contributed by atoms with E-state index in [1.165, 1.54) is 24.3 Å². The summed E-state index contributed by atoms with van der Waals surface area (Å²) in [6, 6.07) is 4.59. The number of aldehydes is 1. The van der Waals surface area contributed by atoms with Crippen LogP contribution in [0.15, 0.2) is 29.2 Å². The van der Waals surface area contributed by atoms with E-state index in [9.17, 15) is 18.3 Å². The molecule has 6 heteroatoms. The molecule has 0 heterocycles. The minimum absolute atomic E-state index is 0.156. The fourth-order valence-electron chi connectivity index (χ4n) is 1.21. The molecule has 0 aromatic heterocycles. The number of aliphatic hydroxyl groups excluding tert-OH is 1. The third-order valence-corrected chi connectivity index (χ3v) is 3.30. The summed E-state index contributed by atoms with van der Waals surface area (Å²) in [5.74, 6) is 0. The maximum Gasteiger partial charge on any atom is 0.175 e. The number of carbonyl (C=O) groups excluding carboxylic acids is 1. The summed E-state index contributed by atoms with van der Waals surface area (Å²) in [4.78, 5) is 10.5. The number of hydrogen-bond acceptors (Lipinski definition) is 5. The van der Waals surface area contributed by atoms with Crippen molar-refractivity contribution < 1.29 is 18.3 Å². The van der Waals surface area contributed by atoms with Crippen molar-refractivity contribution in [2.24, 2.45) is 5.73 Å². The topological polar surface area (TPSA) is 97.5 Å². The summed E-state index contributed by atoms with van der Waals surface area (Å²) in [5.41, 5.74) is 5.75. The first-order chi connectivity index (χ1) is 7.36. The minimum Gasteiger partial charge on any atom is -0.386 e. The highest BCUT2D eigenvalue weighted by Crippen LogP contribution is 2.17. The molecular formula is C10H13NO4S. The van der Waals surface area contributed by atoms with Crippen molar-refractivity contribution in [2.45, 2.75) is 17.0 Å². The number of rotatable bonds is 4. The van der Waals surface area contributed by atoms with Gasteiger partial charge in [0, 0.05) is 6.26 Å². The largest absolute Gasteiger partial charge is 0.386 e. The van der Waals surface area contributed by atoms with Crippen LogP contribution in [-0.4, -0.2) is 32.1 Å². The van der Waals surface area contributed by atoms with Crippen LogP contribution in [0.5, 0.6) is 0 Å². The quantitative estimate of drug-likeness (QED) is 0.704. The zero-order valence-corrected chi connectivity index (χ0v) is 9.52. The van der Waals surface area contributed by atoms with Crippen molar-refractivity contribution in [1.29, 1.82) is 0 Å². The third kappa shape index (κ3) is 2.88. The Labute approximate surface area is 93.8 Å². The van der Waals surface area contributed by atoms with Gasteiger partial charge in [-0.05, 0) is 17.7 Å². The smallest absolute Gasteiger partial charge is 0.175 e. The average molecular weight is 243 g/mol. The van der Waals surface area contributed by atoms with Crippen LogP contribution in [0.25, 0.3) is 0 Å². The fraction of sp³-hybridized carbons (Fsp3) is 0.300. The molecule has 0 unspecified atom stereocenters. The predicted molar refractivity (Wildman–Crippen MR) is 58.6 cm³/mol. The minimum atomic E-state index is -3.25. The van der Waals surface area contributed by atoms with Crippen molar-refractivity contribution >= 4 is 16.1 Å². The van der Waals surface area contributed by atoms with Crippen LogP contribution in [0.3, 0.4) is 0 Å². The Hall–Kier alpha value is -1.24. The van der Waals surface area contributed by atoms with Gasteiger partial charge in [-0.2, -0.15) is 0 Å². The highest BCUT2D eigenvalue weighted by Gasteiger charge is 2.16. The summed E-state index contributed by atoms with van der Waals surface area (Å²) in [6.07, 6.45) is 0.413. The number of aliphatic hydroxyl groups is 1. The molecule has 0 radical (unpaired) electrons. The zero-order valence-electron chi connectivity index (χ0n) is 8.70. The lowest BCUT2D eigenvalue weighted by Gasteiger charge is -2.13. The van der Waals surface area contributed by atoms with Gasteiger partial charge in [-0.25, -0.2) is 8.42 Å². The molecule has 0 fully saturated rings. The SMILES string of the molecule is CS(=O)(=O)c1ccc([C@@H](O)[C@H](N)C=O)cc1. The molecule has 0 saturated heterocycles. The van der Waals surface area contributed by atoms with Gasteiger partial charge in [0.05, 0.1) is 10.9 Å². The summed E-state index contributed by atoms with van der Waals surface area (Å²) < 4.78 is 22.3. The second-order valence-corrected chi connectivity index (χ2v) is 5.52. The fourth-order valence-corrected chi connectivity index (χ4v) is 1.84. The molecule has 0 amide bonds. The number of benzene rings is 1. The highest BCUT2D eigenvalue weighted by molar-refractivity contribution is 7.90. The molecule has 5 nitrogen and oxygen atoms in total. The van der Waals surface area contributed by atoms with Crippen LogP contribution < -0.4 is 5.73 Å². The number of nitrogens with two attached hydrogens (primary N) is 1. The van der Waals surface area contributed by atoms with Gasteiger partial charge in [0.1, 0.15) is 12.4 Å². The summed E-state index contributed by atoms with van der Waals surface area (Å²) in [5, 5.41) is 9.58. The Bertz CT molecular complexity index is 466. The molecule has 0 bridgehead atoms. The van der Waals surface area contributed by atoms with E-state index in [0.29, 0.717) is 11.8 Å². The van der Waals surface area contributed by atoms with E-state index in [1.807, 2.05) is 0 Å². The van der Waals surface area contributed by atoms with Gasteiger partial charge in [0.2, 0.25) is 0 Å². The first-order valence-electron chi connectivity index (χ1n) is 4.55. The van der Waals surface area contributed by atoms with Crippen LogP contribution >= 0.6 is 0 Å². The molecule has 0 aliphatic carbocycles. The van der Waals surface area contributed by atoms with Gasteiger partial charge < -0.3 is 15.6 Å². The Morgan fingerprint density at radius 2 is 1.81 bits per heavy atom. The molecule has 0 aliphatic rings. The molecule has 16 heavy (non-hydrogen) atoms. The van der Waals surface area contributed by atoms with Gasteiger partial charge in [0.15, 0.2) is 9.84 Å². The van der Waals surface area contributed by atoms with Crippen molar-refractivity contribution in [3.63, 3.8) is 0 Å². The van der Waals surface area contributed by atoms with Crippen LogP contribution in [0, 0.1) is 0 Å². The number of sulfone groups is 1. The lowest BCUT2D eigenvalue weighted by molar-refractivity contribution is -0.111. The summed E-state index contributed by atoms with van der Waals surface area (Å²) in [7, 11) is -3.25. The van der Waals surface area contributed by atoms with E-state index < -0.39 is 22.0 Å². The summed E-state index contributed by atoms with van der Waals surface area (Å²) >= 11 is 0. The molecule has 1 aromatic carbocycles. The van der Waals surface area contributed by atoms with Gasteiger partial charge in [-0.3, -0.25) is 0 Å². The maximum absolute atomic E-state index is 11.2. The average Bonchev–Trinajstić information content (AvgIpc) is 2.26. The Balaban J connectivity index is 3.00. The lowest BCUT2D eigenvalue weighted by atomic mass is 10.0. The Morgan fingerprint density at radius 3 is 2.19 bits per heavy atom. The van der Waals surface area contributed by atoms with Crippen LogP contribution in [-0.2, 0) is 14.6 Å². The van der Waals surface area contributed by atoms with Crippen LogP contribution in [0.4, 0.5) is 0 Å². The lowest BCUT2D eigenvalue weighted by Crippen LogP contribution is -2.29. The van der Waals surface area contributed by atoms with E-state index in [1.54, 1.807) is 0 Å². The molecular weight excluding hydrogens is 230 g/mol. The highest BCUT2D eigenvalue weighted by atomic mass is 32.2. The van der Waals surface area contributed by atoms with E-state index in [4.69, 9.17) is 5.73 Å². The molecule has 0 spiro atoms. The van der Waals surface area contributed by atoms with Crippen molar-refractivity contribution in [1.82, 2.24) is 0 Å². The molecule has 0 saturated carbocycles. The van der Waals surface area contributed by atoms with Gasteiger partial charge in [-0.1, -0.05) is 12.1 Å². The Morgan fingerprint density at radius 1 is 1.31 bits per heavy atom. The monoisotopic (exact) mass is 243 g/mol. The van der Waals surface area contributed by atoms with E-state index >= 15 is 0 Å². The van der Waals surface area contributed by atoms with Crippen LogP contribution in [0.1, 0.15) is 11.7 Å². The second-order valence-electron chi connectivity index (χ2n) is 3.50. The standard InChI is InChI=1S/C10H13NO4S/c1-16(14,15)8-4-2-7(3-5-8)10(13)9(11)6-12/h2-6,9-10,13H,11H2,1H3/t9-,10-/m1/s1. The number of hydrogen-bond donors (Lipinski definition) is 2. The normalized spacial score (nSPS) is 15.4. The maximum atomic E-state index is 11.2. The zero-order chi connectivity index (χ0) is 12.3. The van der Waals surface area contributed by atoms with Crippen LogP contribution in [0.2, 0.25) is 0 Å². The van der Waals surface area contributed by atoms with Crippen molar-refractivity contribution in [3.8, 4) is 0 Å². The summed E-state index contributed by atoms with van der Waals surface area (Å²) in [6.45, 7) is 0. The number of carbonyl (C=O) groups is 1. The van der Waals surface area contributed by atoms with Crippen molar-refractivity contribution in [2.75, 3.05) is 6.26 Å². The molecule has 88 valence electrons. The molecule has 0 aliphatic heterocycles. The van der Waals surface area contributed by atoms with E-state index in [-0.39, 0.29) is 4.90 Å². The predicted octanol–water partition coefficient (Wildman–Crippen LogP) is -0.350. The first kappa shape index (κ1) is 12.8. The molecule has 2 atom stereocenters. The van der Waals surface area contributed by atoms with Gasteiger partial charge in [0.25, 0.3) is 0 Å². The molecule has 3 N–H and O–H groups in total. The van der Waals surface area contributed by atoms with Gasteiger partial charge >= 0.3 is 0 Å². The van der Waals surface area contributed by atoms with Gasteiger partial charge in [-0.15, -0.1) is 0 Å². The molecule has 1 aromatic rings. The second kappa shape index (κ2) is 4.73. The molecule has 1 rings (SSSR count). The van der Waals surface area contributed by atoms with E-state index in [0.717, 1.165) is 6.26 Å². The van der Waals surface area contributed by atoms with E-state index in [2.05, 4.69) is 0 Å². The Kier molecular flexibility index (Phi) is 3.79. The third-order valence-electron chi connectivity index (χ3n) is 2.17. The van der Waals surface area contributed by atoms with Crippen molar-refractivity contribution in [3.05, 3.63) is 29.8 Å².